The Morgan fingerprint density at radius 2 is 1.82 bits per heavy atom. The van der Waals surface area contributed by atoms with Gasteiger partial charge in [-0.1, -0.05) is 0 Å². The number of likely N-dealkylation sites (N-methyl/N-ethyl adjacent to an activating group) is 2. The molecule has 0 aromatic rings. The van der Waals surface area contributed by atoms with E-state index in [9.17, 15) is 9.59 Å². The van der Waals surface area contributed by atoms with Gasteiger partial charge in [0.25, 0.3) is 0 Å². The minimum Gasteiger partial charge on any atom is -0.481 e. The summed E-state index contributed by atoms with van der Waals surface area (Å²) < 4.78 is 0. The molecule has 98 valence electrons. The first-order valence-electron chi connectivity index (χ1n) is 6.22. The van der Waals surface area contributed by atoms with Gasteiger partial charge in [0, 0.05) is 19.1 Å². The third kappa shape index (κ3) is 3.19. The molecule has 1 amide bonds. The Labute approximate surface area is 102 Å². The van der Waals surface area contributed by atoms with Crippen LogP contribution in [-0.2, 0) is 9.59 Å². The zero-order valence-electron chi connectivity index (χ0n) is 10.8. The largest absolute Gasteiger partial charge is 0.481 e. The van der Waals surface area contributed by atoms with Gasteiger partial charge in [-0.2, -0.15) is 0 Å². The van der Waals surface area contributed by atoms with Crippen LogP contribution in [0.25, 0.3) is 0 Å². The molecule has 1 aliphatic rings. The second-order valence-corrected chi connectivity index (χ2v) is 4.57. The number of rotatable bonds is 6. The Bertz CT molecular complexity index is 289. The lowest BCUT2D eigenvalue weighted by Gasteiger charge is -2.40. The summed E-state index contributed by atoms with van der Waals surface area (Å²) in [6.45, 7) is 5.62. The van der Waals surface area contributed by atoms with Crippen molar-refractivity contribution in [2.45, 2.75) is 32.7 Å². The van der Waals surface area contributed by atoms with Crippen molar-refractivity contribution in [3.63, 3.8) is 0 Å². The molecule has 0 aliphatic heterocycles. The molecule has 1 rings (SSSR count). The van der Waals surface area contributed by atoms with Gasteiger partial charge >= 0.3 is 5.97 Å². The van der Waals surface area contributed by atoms with E-state index in [4.69, 9.17) is 5.11 Å². The molecular weight excluding hydrogens is 220 g/mol. The number of hydrogen-bond acceptors (Lipinski definition) is 3. The van der Waals surface area contributed by atoms with Gasteiger partial charge in [-0.25, -0.2) is 0 Å². The van der Waals surface area contributed by atoms with Crippen molar-refractivity contribution >= 4 is 11.9 Å². The zero-order valence-corrected chi connectivity index (χ0v) is 10.8. The first-order chi connectivity index (χ1) is 8.01. The number of carbonyl (C=O) groups excluding carboxylic acids is 1. The van der Waals surface area contributed by atoms with Crippen LogP contribution >= 0.6 is 0 Å². The Kier molecular flexibility index (Phi) is 4.93. The van der Waals surface area contributed by atoms with E-state index in [0.29, 0.717) is 19.6 Å². The molecule has 0 bridgehead atoms. The van der Waals surface area contributed by atoms with E-state index in [1.807, 2.05) is 25.8 Å². The van der Waals surface area contributed by atoms with Crippen LogP contribution in [-0.4, -0.2) is 59.5 Å². The smallest absolute Gasteiger partial charge is 0.308 e. The van der Waals surface area contributed by atoms with Gasteiger partial charge < -0.3 is 10.0 Å². The zero-order chi connectivity index (χ0) is 13.0. The molecule has 0 aromatic carbocycles. The first-order valence-corrected chi connectivity index (χ1v) is 6.22. The van der Waals surface area contributed by atoms with Crippen molar-refractivity contribution in [2.24, 2.45) is 5.92 Å². The molecule has 1 aliphatic carbocycles. The average Bonchev–Trinajstić information content (AvgIpc) is 2.16. The molecule has 0 saturated heterocycles. The van der Waals surface area contributed by atoms with Crippen LogP contribution in [0.15, 0.2) is 0 Å². The number of hydrogen-bond donors (Lipinski definition) is 1. The van der Waals surface area contributed by atoms with Gasteiger partial charge in [0.1, 0.15) is 0 Å². The summed E-state index contributed by atoms with van der Waals surface area (Å²) in [6.07, 6.45) is 1.60. The molecule has 2 atom stereocenters. The maximum atomic E-state index is 11.9. The lowest BCUT2D eigenvalue weighted by molar-refractivity contribution is -0.150. The second kappa shape index (κ2) is 6.00. The predicted octanol–water partition coefficient (Wildman–Crippen LogP) is 0.650. The van der Waals surface area contributed by atoms with E-state index in [-0.39, 0.29) is 17.9 Å². The van der Waals surface area contributed by atoms with Gasteiger partial charge in [-0.15, -0.1) is 0 Å². The molecule has 5 heteroatoms. The summed E-state index contributed by atoms with van der Waals surface area (Å²) in [7, 11) is 1.83. The topological polar surface area (TPSA) is 60.9 Å². The van der Waals surface area contributed by atoms with Gasteiger partial charge in [0.2, 0.25) is 5.91 Å². The Morgan fingerprint density at radius 3 is 2.18 bits per heavy atom. The summed E-state index contributed by atoms with van der Waals surface area (Å²) in [4.78, 5) is 26.4. The van der Waals surface area contributed by atoms with Crippen molar-refractivity contribution in [1.29, 1.82) is 0 Å². The number of carboxylic acid groups (broad SMARTS) is 1. The third-order valence-corrected chi connectivity index (χ3v) is 3.62. The van der Waals surface area contributed by atoms with Gasteiger partial charge in [-0.05, 0) is 33.7 Å². The summed E-state index contributed by atoms with van der Waals surface area (Å²) in [6, 6.07) is 0.0204. The van der Waals surface area contributed by atoms with Crippen LogP contribution < -0.4 is 0 Å². The molecular formula is C12H22N2O3. The molecule has 0 spiro atoms. The SMILES string of the molecule is CCN(CC)C(=O)CN(C)C1CCC1C(=O)O. The van der Waals surface area contributed by atoms with Gasteiger partial charge in [0.15, 0.2) is 0 Å². The minimum atomic E-state index is -0.747. The van der Waals surface area contributed by atoms with Crippen LogP contribution in [0.5, 0.6) is 0 Å². The van der Waals surface area contributed by atoms with E-state index < -0.39 is 5.97 Å². The highest BCUT2D eigenvalue weighted by Gasteiger charge is 2.39. The Hall–Kier alpha value is -1.10. The van der Waals surface area contributed by atoms with E-state index in [0.717, 1.165) is 12.8 Å². The van der Waals surface area contributed by atoms with Gasteiger partial charge in [-0.3, -0.25) is 14.5 Å². The van der Waals surface area contributed by atoms with Crippen molar-refractivity contribution in [1.82, 2.24) is 9.80 Å². The maximum absolute atomic E-state index is 11.9. The number of nitrogens with zero attached hydrogens (tertiary/aromatic N) is 2. The molecule has 5 nitrogen and oxygen atoms in total. The maximum Gasteiger partial charge on any atom is 0.308 e. The molecule has 0 heterocycles. The van der Waals surface area contributed by atoms with Crippen LogP contribution in [0.1, 0.15) is 26.7 Å². The summed E-state index contributed by atoms with van der Waals surface area (Å²) in [5, 5.41) is 8.97. The first kappa shape index (κ1) is 14.0. The van der Waals surface area contributed by atoms with E-state index in [1.54, 1.807) is 4.90 Å². The summed E-state index contributed by atoms with van der Waals surface area (Å²) in [5.41, 5.74) is 0. The standard InChI is InChI=1S/C12H22N2O3/c1-4-14(5-2)11(15)8-13(3)10-7-6-9(10)12(16)17/h9-10H,4-8H2,1-3H3,(H,16,17). The van der Waals surface area contributed by atoms with Crippen LogP contribution in [0.3, 0.4) is 0 Å². The van der Waals surface area contributed by atoms with E-state index >= 15 is 0 Å². The van der Waals surface area contributed by atoms with Crippen molar-refractivity contribution in [3.8, 4) is 0 Å². The van der Waals surface area contributed by atoms with Crippen LogP contribution in [0.2, 0.25) is 0 Å². The molecule has 0 aromatic heterocycles. The number of amides is 1. The molecule has 1 saturated carbocycles. The Balaban J connectivity index is 2.46. The highest BCUT2D eigenvalue weighted by Crippen LogP contribution is 2.31. The minimum absolute atomic E-state index is 0.0204. The summed E-state index contributed by atoms with van der Waals surface area (Å²) in [5.74, 6) is -0.971. The quantitative estimate of drug-likeness (QED) is 0.743. The van der Waals surface area contributed by atoms with Crippen molar-refractivity contribution < 1.29 is 14.7 Å². The molecule has 1 fully saturated rings. The van der Waals surface area contributed by atoms with Crippen molar-refractivity contribution in [2.75, 3.05) is 26.7 Å². The highest BCUT2D eigenvalue weighted by atomic mass is 16.4. The predicted molar refractivity (Wildman–Crippen MR) is 64.7 cm³/mol. The number of carbonyl (C=O) groups is 2. The second-order valence-electron chi connectivity index (χ2n) is 4.57. The fraction of sp³-hybridized carbons (Fsp3) is 0.833. The van der Waals surface area contributed by atoms with E-state index in [2.05, 4.69) is 0 Å². The number of carboxylic acids is 1. The fourth-order valence-corrected chi connectivity index (χ4v) is 2.30. The molecule has 2 unspecified atom stereocenters. The van der Waals surface area contributed by atoms with Crippen molar-refractivity contribution in [3.05, 3.63) is 0 Å². The normalized spacial score (nSPS) is 23.3. The lowest BCUT2D eigenvalue weighted by atomic mass is 9.78. The molecule has 17 heavy (non-hydrogen) atoms. The average molecular weight is 242 g/mol. The molecule has 0 radical (unpaired) electrons. The number of aliphatic carboxylic acids is 1. The summed E-state index contributed by atoms with van der Waals surface area (Å²) >= 11 is 0. The third-order valence-electron chi connectivity index (χ3n) is 3.62. The van der Waals surface area contributed by atoms with Gasteiger partial charge in [0.05, 0.1) is 12.5 Å². The fourth-order valence-electron chi connectivity index (χ4n) is 2.30. The monoisotopic (exact) mass is 242 g/mol. The van der Waals surface area contributed by atoms with E-state index in [1.165, 1.54) is 0 Å². The van der Waals surface area contributed by atoms with Crippen LogP contribution in [0, 0.1) is 5.92 Å². The molecule has 1 N–H and O–H groups in total. The lowest BCUT2D eigenvalue weighted by Crippen LogP contribution is -2.51. The highest BCUT2D eigenvalue weighted by molar-refractivity contribution is 5.78. The van der Waals surface area contributed by atoms with Crippen LogP contribution in [0.4, 0.5) is 0 Å². The Morgan fingerprint density at radius 1 is 1.24 bits per heavy atom.